The second kappa shape index (κ2) is 11.2. The third-order valence-electron chi connectivity index (χ3n) is 6.41. The molecule has 0 saturated carbocycles. The fourth-order valence-corrected chi connectivity index (χ4v) is 4.48. The van der Waals surface area contributed by atoms with Crippen LogP contribution in [0, 0.1) is 0 Å². The minimum Gasteiger partial charge on any atom is -0.497 e. The van der Waals surface area contributed by atoms with Gasteiger partial charge in [0.2, 0.25) is 0 Å². The van der Waals surface area contributed by atoms with Gasteiger partial charge in [-0.1, -0.05) is 12.1 Å². The molecule has 2 aromatic carbocycles. The molecule has 2 amide bonds. The fourth-order valence-electron chi connectivity index (χ4n) is 4.48. The highest BCUT2D eigenvalue weighted by Gasteiger charge is 2.24. The summed E-state index contributed by atoms with van der Waals surface area (Å²) in [6.07, 6.45) is 4.08. The van der Waals surface area contributed by atoms with Gasteiger partial charge in [-0.3, -0.25) is 0 Å². The van der Waals surface area contributed by atoms with E-state index in [1.807, 2.05) is 30.5 Å². The summed E-state index contributed by atoms with van der Waals surface area (Å²) in [5.74, 6) is 1.79. The molecule has 1 aliphatic rings. The van der Waals surface area contributed by atoms with Crippen LogP contribution in [0.3, 0.4) is 0 Å². The Bertz CT molecular complexity index is 1420. The van der Waals surface area contributed by atoms with E-state index in [1.54, 1.807) is 47.7 Å². The number of nitrogens with one attached hydrogen (secondary N) is 1. The quantitative estimate of drug-likeness (QED) is 0.387. The number of carbonyl (C=O) groups excluding carboxylic acids is 2. The zero-order valence-corrected chi connectivity index (χ0v) is 21.3. The number of benzene rings is 2. The molecule has 1 saturated heterocycles. The highest BCUT2D eigenvalue weighted by Crippen LogP contribution is 2.32. The van der Waals surface area contributed by atoms with Gasteiger partial charge in [0, 0.05) is 43.6 Å². The van der Waals surface area contributed by atoms with Crippen LogP contribution in [-0.4, -0.2) is 76.4 Å². The van der Waals surface area contributed by atoms with Gasteiger partial charge in [0.05, 0.1) is 19.3 Å². The lowest BCUT2D eigenvalue weighted by Crippen LogP contribution is -2.38. The van der Waals surface area contributed by atoms with Crippen molar-refractivity contribution in [3.8, 4) is 16.9 Å². The van der Waals surface area contributed by atoms with E-state index in [0.717, 1.165) is 35.7 Å². The second-order valence-corrected chi connectivity index (χ2v) is 8.75. The Balaban J connectivity index is 1.32. The van der Waals surface area contributed by atoms with E-state index >= 15 is 0 Å². The van der Waals surface area contributed by atoms with Crippen LogP contribution in [0.5, 0.6) is 5.75 Å². The van der Waals surface area contributed by atoms with Crippen molar-refractivity contribution < 1.29 is 19.1 Å². The zero-order valence-electron chi connectivity index (χ0n) is 21.3. The Labute approximate surface area is 220 Å². The topological polar surface area (TPSA) is 114 Å². The molecular weight excluding hydrogens is 486 g/mol. The van der Waals surface area contributed by atoms with Gasteiger partial charge in [-0.25, -0.2) is 14.6 Å². The summed E-state index contributed by atoms with van der Waals surface area (Å²) in [6, 6.07) is 14.3. The Hall–Kier alpha value is -4.67. The number of nitrogens with zero attached hydrogens (tertiary/aromatic N) is 6. The molecule has 0 aliphatic carbocycles. The minimum atomic E-state index is -0.385. The van der Waals surface area contributed by atoms with Crippen molar-refractivity contribution in [1.82, 2.24) is 24.5 Å². The number of carbonyl (C=O) groups is 2. The average molecular weight is 516 g/mol. The van der Waals surface area contributed by atoms with Crippen LogP contribution >= 0.6 is 0 Å². The predicted molar refractivity (Wildman–Crippen MR) is 143 cm³/mol. The van der Waals surface area contributed by atoms with Crippen molar-refractivity contribution in [3.63, 3.8) is 0 Å². The van der Waals surface area contributed by atoms with Crippen LogP contribution in [0.15, 0.2) is 61.1 Å². The Morgan fingerprint density at radius 1 is 0.974 bits per heavy atom. The molecule has 3 heterocycles. The van der Waals surface area contributed by atoms with Crippen LogP contribution in [0.2, 0.25) is 0 Å². The zero-order chi connectivity index (χ0) is 26.5. The van der Waals surface area contributed by atoms with Crippen molar-refractivity contribution in [2.75, 3.05) is 50.1 Å². The van der Waals surface area contributed by atoms with E-state index in [2.05, 4.69) is 25.3 Å². The second-order valence-electron chi connectivity index (χ2n) is 8.75. The summed E-state index contributed by atoms with van der Waals surface area (Å²) in [7, 11) is 1.64. The molecule has 2 aromatic heterocycles. The van der Waals surface area contributed by atoms with Crippen molar-refractivity contribution in [2.24, 2.45) is 0 Å². The predicted octanol–water partition coefficient (Wildman–Crippen LogP) is 3.72. The maximum absolute atomic E-state index is 13.1. The standard InChI is InChI=1S/C27H29N7O4/c1-3-38-25(35)20-5-9-21(10-6-20)31-27(36)33-14-4-13-32(15-16-33)24-23(17-28-26-29-18-30-34(24)26)19-7-11-22(37-2)12-8-19/h5-12,17-18H,3-4,13-16H2,1-2H3,(H,31,36). The van der Waals surface area contributed by atoms with Crippen LogP contribution in [-0.2, 0) is 4.74 Å². The number of aromatic nitrogens is 4. The molecule has 0 radical (unpaired) electrons. The molecule has 38 heavy (non-hydrogen) atoms. The first-order chi connectivity index (χ1) is 18.6. The van der Waals surface area contributed by atoms with E-state index < -0.39 is 0 Å². The maximum atomic E-state index is 13.1. The molecule has 0 atom stereocenters. The van der Waals surface area contributed by atoms with Gasteiger partial charge < -0.3 is 24.6 Å². The maximum Gasteiger partial charge on any atom is 0.338 e. The van der Waals surface area contributed by atoms with Gasteiger partial charge in [-0.15, -0.1) is 0 Å². The first kappa shape index (κ1) is 25.0. The number of anilines is 2. The number of hydrogen-bond acceptors (Lipinski definition) is 8. The van der Waals surface area contributed by atoms with Gasteiger partial charge in [-0.05, 0) is 55.3 Å². The van der Waals surface area contributed by atoms with E-state index in [1.165, 1.54) is 6.33 Å². The van der Waals surface area contributed by atoms with Crippen LogP contribution < -0.4 is 15.0 Å². The third-order valence-corrected chi connectivity index (χ3v) is 6.41. The lowest BCUT2D eigenvalue weighted by atomic mass is 10.1. The Morgan fingerprint density at radius 2 is 1.76 bits per heavy atom. The van der Waals surface area contributed by atoms with Gasteiger partial charge in [0.25, 0.3) is 5.78 Å². The fraction of sp³-hybridized carbons (Fsp3) is 0.296. The molecule has 11 heteroatoms. The molecule has 0 bridgehead atoms. The molecule has 1 fully saturated rings. The molecule has 196 valence electrons. The molecule has 4 aromatic rings. The van der Waals surface area contributed by atoms with E-state index in [0.29, 0.717) is 43.3 Å². The van der Waals surface area contributed by atoms with E-state index in [4.69, 9.17) is 9.47 Å². The first-order valence-electron chi connectivity index (χ1n) is 12.5. The minimum absolute atomic E-state index is 0.188. The molecule has 11 nitrogen and oxygen atoms in total. The summed E-state index contributed by atoms with van der Waals surface area (Å²) in [5, 5.41) is 7.37. The number of fused-ring (bicyclic) bond motifs is 1. The number of ether oxygens (including phenoxy) is 2. The Morgan fingerprint density at radius 3 is 2.50 bits per heavy atom. The molecule has 1 N–H and O–H groups in total. The largest absolute Gasteiger partial charge is 0.497 e. The van der Waals surface area contributed by atoms with Gasteiger partial charge in [0.15, 0.2) is 0 Å². The number of methoxy groups -OCH3 is 1. The summed E-state index contributed by atoms with van der Waals surface area (Å²) < 4.78 is 12.1. The van der Waals surface area contributed by atoms with Crippen molar-refractivity contribution in [3.05, 3.63) is 66.6 Å². The summed E-state index contributed by atoms with van der Waals surface area (Å²) in [6.45, 7) is 4.54. The highest BCUT2D eigenvalue weighted by atomic mass is 16.5. The number of amides is 2. The SMILES string of the molecule is CCOC(=O)c1ccc(NC(=O)N2CCCN(c3c(-c4ccc(OC)cc4)cnc4ncnn34)CC2)cc1. The normalized spacial score (nSPS) is 13.7. The van der Waals surface area contributed by atoms with Gasteiger partial charge >= 0.3 is 12.0 Å². The molecular formula is C27H29N7O4. The lowest BCUT2D eigenvalue weighted by molar-refractivity contribution is 0.0526. The molecule has 0 unspecified atom stereocenters. The Kier molecular flexibility index (Phi) is 7.34. The van der Waals surface area contributed by atoms with Crippen LogP contribution in [0.1, 0.15) is 23.7 Å². The average Bonchev–Trinajstić information content (AvgIpc) is 3.29. The monoisotopic (exact) mass is 515 g/mol. The first-order valence-corrected chi connectivity index (χ1v) is 12.5. The molecule has 0 spiro atoms. The van der Waals surface area contributed by atoms with E-state index in [-0.39, 0.29) is 12.0 Å². The summed E-state index contributed by atoms with van der Waals surface area (Å²) in [4.78, 5) is 37.7. The van der Waals surface area contributed by atoms with Crippen LogP contribution in [0.25, 0.3) is 16.9 Å². The van der Waals surface area contributed by atoms with Crippen molar-refractivity contribution in [1.29, 1.82) is 0 Å². The molecule has 1 aliphatic heterocycles. The lowest BCUT2D eigenvalue weighted by Gasteiger charge is -2.26. The summed E-state index contributed by atoms with van der Waals surface area (Å²) in [5.41, 5.74) is 2.96. The number of rotatable bonds is 6. The van der Waals surface area contributed by atoms with Crippen LogP contribution in [0.4, 0.5) is 16.3 Å². The molecule has 5 rings (SSSR count). The number of hydrogen-bond donors (Lipinski definition) is 1. The van der Waals surface area contributed by atoms with Crippen molar-refractivity contribution >= 4 is 29.3 Å². The number of urea groups is 1. The third kappa shape index (κ3) is 5.22. The van der Waals surface area contributed by atoms with Crippen molar-refractivity contribution in [2.45, 2.75) is 13.3 Å². The summed E-state index contributed by atoms with van der Waals surface area (Å²) >= 11 is 0. The van der Waals surface area contributed by atoms with E-state index in [9.17, 15) is 9.59 Å². The van der Waals surface area contributed by atoms with Gasteiger partial charge in [-0.2, -0.15) is 14.6 Å². The smallest absolute Gasteiger partial charge is 0.338 e. The van der Waals surface area contributed by atoms with Gasteiger partial charge in [0.1, 0.15) is 17.9 Å². The highest BCUT2D eigenvalue weighted by molar-refractivity contribution is 5.92. The number of esters is 1.